The topological polar surface area (TPSA) is 46.9 Å². The molecule has 0 radical (unpaired) electrons. The summed E-state index contributed by atoms with van der Waals surface area (Å²) in [6.07, 6.45) is 3.35. The van der Waals surface area contributed by atoms with Crippen LogP contribution in [0.2, 0.25) is 5.02 Å². The Labute approximate surface area is 152 Å². The molecule has 0 unspecified atom stereocenters. The number of anilines is 1. The first-order valence-electron chi connectivity index (χ1n) is 8.19. The molecule has 0 fully saturated rings. The Hall–Kier alpha value is -2.59. The number of carbonyl (C=O) groups is 1. The Morgan fingerprint density at radius 3 is 2.60 bits per heavy atom. The van der Waals surface area contributed by atoms with E-state index >= 15 is 0 Å². The SMILES string of the molecule is CC(C)c1ccc(NC(=O)c2cccc(Cn3cc(Cl)cn3)c2)cc1. The van der Waals surface area contributed by atoms with Crippen molar-refractivity contribution in [3.05, 3.63) is 82.6 Å². The van der Waals surface area contributed by atoms with E-state index < -0.39 is 0 Å². The Kier molecular flexibility index (Phi) is 5.19. The lowest BCUT2D eigenvalue weighted by Crippen LogP contribution is -2.12. The molecule has 0 spiro atoms. The zero-order chi connectivity index (χ0) is 17.8. The van der Waals surface area contributed by atoms with Crippen LogP contribution in [0.1, 0.15) is 41.3 Å². The highest BCUT2D eigenvalue weighted by atomic mass is 35.5. The fourth-order valence-electron chi connectivity index (χ4n) is 2.58. The number of carbonyl (C=O) groups excluding carboxylic acids is 1. The number of rotatable bonds is 5. The van der Waals surface area contributed by atoms with E-state index in [0.29, 0.717) is 23.0 Å². The van der Waals surface area contributed by atoms with Gasteiger partial charge in [-0.2, -0.15) is 5.10 Å². The second kappa shape index (κ2) is 7.53. The molecule has 1 aromatic heterocycles. The third-order valence-electron chi connectivity index (χ3n) is 3.97. The zero-order valence-electron chi connectivity index (χ0n) is 14.2. The highest BCUT2D eigenvalue weighted by Crippen LogP contribution is 2.18. The van der Waals surface area contributed by atoms with Crippen molar-refractivity contribution < 1.29 is 4.79 Å². The predicted molar refractivity (Wildman–Crippen MR) is 101 cm³/mol. The average molecular weight is 354 g/mol. The lowest BCUT2D eigenvalue weighted by molar-refractivity contribution is 0.102. The average Bonchev–Trinajstić information content (AvgIpc) is 3.00. The summed E-state index contributed by atoms with van der Waals surface area (Å²) in [5.74, 6) is 0.342. The van der Waals surface area contributed by atoms with Gasteiger partial charge in [0.2, 0.25) is 0 Å². The predicted octanol–water partition coefficient (Wildman–Crippen LogP) is 4.96. The number of nitrogens with zero attached hydrogens (tertiary/aromatic N) is 2. The number of nitrogens with one attached hydrogen (secondary N) is 1. The van der Waals surface area contributed by atoms with Crippen LogP contribution in [0.15, 0.2) is 60.9 Å². The van der Waals surface area contributed by atoms with Crippen molar-refractivity contribution in [2.24, 2.45) is 0 Å². The molecule has 5 heteroatoms. The molecular weight excluding hydrogens is 334 g/mol. The van der Waals surface area contributed by atoms with Gasteiger partial charge in [-0.1, -0.05) is 49.7 Å². The minimum atomic E-state index is -0.127. The number of hydrogen-bond acceptors (Lipinski definition) is 2. The maximum absolute atomic E-state index is 12.5. The van der Waals surface area contributed by atoms with Crippen LogP contribution in [0.4, 0.5) is 5.69 Å². The summed E-state index contributed by atoms with van der Waals surface area (Å²) in [4.78, 5) is 12.5. The van der Waals surface area contributed by atoms with Gasteiger partial charge in [-0.15, -0.1) is 0 Å². The Morgan fingerprint density at radius 1 is 1.20 bits per heavy atom. The van der Waals surface area contributed by atoms with E-state index in [-0.39, 0.29) is 5.91 Å². The maximum atomic E-state index is 12.5. The molecule has 4 nitrogen and oxygen atoms in total. The summed E-state index contributed by atoms with van der Waals surface area (Å²) in [5.41, 5.74) is 3.64. The Bertz CT molecular complexity index is 869. The smallest absolute Gasteiger partial charge is 0.255 e. The van der Waals surface area contributed by atoms with Crippen LogP contribution in [0.25, 0.3) is 0 Å². The molecule has 2 aromatic carbocycles. The van der Waals surface area contributed by atoms with E-state index in [4.69, 9.17) is 11.6 Å². The summed E-state index contributed by atoms with van der Waals surface area (Å²) in [7, 11) is 0. The first-order valence-corrected chi connectivity index (χ1v) is 8.57. The summed E-state index contributed by atoms with van der Waals surface area (Å²) in [5, 5.41) is 7.69. The molecule has 1 N–H and O–H groups in total. The molecular formula is C20H20ClN3O. The van der Waals surface area contributed by atoms with Gasteiger partial charge >= 0.3 is 0 Å². The fraction of sp³-hybridized carbons (Fsp3) is 0.200. The van der Waals surface area contributed by atoms with Crippen LogP contribution in [0.3, 0.4) is 0 Å². The lowest BCUT2D eigenvalue weighted by Gasteiger charge is -2.09. The van der Waals surface area contributed by atoms with Gasteiger partial charge in [0.1, 0.15) is 0 Å². The van der Waals surface area contributed by atoms with Gasteiger partial charge in [-0.25, -0.2) is 0 Å². The van der Waals surface area contributed by atoms with Crippen LogP contribution in [-0.2, 0) is 6.54 Å². The molecule has 0 aliphatic heterocycles. The third kappa shape index (κ3) is 4.48. The summed E-state index contributed by atoms with van der Waals surface area (Å²) in [6.45, 7) is 4.86. The van der Waals surface area contributed by atoms with Crippen LogP contribution < -0.4 is 5.32 Å². The molecule has 1 heterocycles. The van der Waals surface area contributed by atoms with Crippen molar-refractivity contribution in [2.75, 3.05) is 5.32 Å². The number of halogens is 1. The first-order chi connectivity index (χ1) is 12.0. The van der Waals surface area contributed by atoms with Crippen molar-refractivity contribution in [2.45, 2.75) is 26.3 Å². The van der Waals surface area contributed by atoms with E-state index in [9.17, 15) is 4.79 Å². The molecule has 3 rings (SSSR count). The molecule has 0 saturated carbocycles. The highest BCUT2D eigenvalue weighted by Gasteiger charge is 2.08. The van der Waals surface area contributed by atoms with E-state index in [1.807, 2.05) is 42.5 Å². The third-order valence-corrected chi connectivity index (χ3v) is 4.17. The fourth-order valence-corrected chi connectivity index (χ4v) is 2.73. The highest BCUT2D eigenvalue weighted by molar-refractivity contribution is 6.30. The normalized spacial score (nSPS) is 10.9. The monoisotopic (exact) mass is 353 g/mol. The zero-order valence-corrected chi connectivity index (χ0v) is 15.0. The van der Waals surface area contributed by atoms with E-state index in [1.54, 1.807) is 23.1 Å². The molecule has 0 aliphatic rings. The molecule has 3 aromatic rings. The summed E-state index contributed by atoms with van der Waals surface area (Å²) < 4.78 is 1.74. The molecule has 0 saturated heterocycles. The van der Waals surface area contributed by atoms with Crippen molar-refractivity contribution >= 4 is 23.2 Å². The number of benzene rings is 2. The molecule has 0 aliphatic carbocycles. The van der Waals surface area contributed by atoms with Crippen molar-refractivity contribution in [3.63, 3.8) is 0 Å². The minimum Gasteiger partial charge on any atom is -0.322 e. The second-order valence-electron chi connectivity index (χ2n) is 6.29. The number of aromatic nitrogens is 2. The van der Waals surface area contributed by atoms with Gasteiger partial charge in [-0.05, 0) is 41.3 Å². The van der Waals surface area contributed by atoms with Gasteiger partial charge < -0.3 is 5.32 Å². The molecule has 128 valence electrons. The standard InChI is InChI=1S/C20H20ClN3O/c1-14(2)16-6-8-19(9-7-16)23-20(25)17-5-3-4-15(10-17)12-24-13-18(21)11-22-24/h3-11,13-14H,12H2,1-2H3,(H,23,25). The van der Waals surface area contributed by atoms with Gasteiger partial charge in [0.25, 0.3) is 5.91 Å². The van der Waals surface area contributed by atoms with E-state index in [0.717, 1.165) is 11.3 Å². The van der Waals surface area contributed by atoms with Gasteiger partial charge in [0, 0.05) is 17.4 Å². The molecule has 25 heavy (non-hydrogen) atoms. The maximum Gasteiger partial charge on any atom is 0.255 e. The van der Waals surface area contributed by atoms with Gasteiger partial charge in [0.05, 0.1) is 17.8 Å². The summed E-state index contributed by atoms with van der Waals surface area (Å²) >= 11 is 5.88. The number of hydrogen-bond donors (Lipinski definition) is 1. The second-order valence-corrected chi connectivity index (χ2v) is 6.72. The van der Waals surface area contributed by atoms with Crippen molar-refractivity contribution in [1.82, 2.24) is 9.78 Å². The van der Waals surface area contributed by atoms with Crippen LogP contribution in [-0.4, -0.2) is 15.7 Å². The largest absolute Gasteiger partial charge is 0.322 e. The van der Waals surface area contributed by atoms with Crippen LogP contribution in [0.5, 0.6) is 0 Å². The van der Waals surface area contributed by atoms with E-state index in [2.05, 4.69) is 24.3 Å². The molecule has 0 atom stereocenters. The van der Waals surface area contributed by atoms with Crippen LogP contribution in [0, 0.1) is 0 Å². The lowest BCUT2D eigenvalue weighted by atomic mass is 10.0. The van der Waals surface area contributed by atoms with Gasteiger partial charge in [0.15, 0.2) is 0 Å². The first kappa shape index (κ1) is 17.2. The van der Waals surface area contributed by atoms with E-state index in [1.165, 1.54) is 5.56 Å². The Balaban J connectivity index is 1.70. The minimum absolute atomic E-state index is 0.127. The van der Waals surface area contributed by atoms with Gasteiger partial charge in [-0.3, -0.25) is 9.48 Å². The molecule has 0 bridgehead atoms. The van der Waals surface area contributed by atoms with Crippen LogP contribution >= 0.6 is 11.6 Å². The summed E-state index contributed by atoms with van der Waals surface area (Å²) in [6, 6.07) is 15.5. The molecule has 1 amide bonds. The quantitative estimate of drug-likeness (QED) is 0.704. The van der Waals surface area contributed by atoms with Crippen molar-refractivity contribution in [3.8, 4) is 0 Å². The number of amides is 1. The Morgan fingerprint density at radius 2 is 1.96 bits per heavy atom. The van der Waals surface area contributed by atoms with Crippen molar-refractivity contribution in [1.29, 1.82) is 0 Å².